The summed E-state index contributed by atoms with van der Waals surface area (Å²) in [5.74, 6) is 0. The summed E-state index contributed by atoms with van der Waals surface area (Å²) in [7, 11) is 0. The van der Waals surface area contributed by atoms with Gasteiger partial charge in [0.15, 0.2) is 0 Å². The van der Waals surface area contributed by atoms with Gasteiger partial charge in [-0.05, 0) is 43.0 Å². The maximum absolute atomic E-state index is 10.5. The Bertz CT molecular complexity index is 326. The van der Waals surface area contributed by atoms with Gasteiger partial charge in [-0.3, -0.25) is 0 Å². The third-order valence-electron chi connectivity index (χ3n) is 2.11. The van der Waals surface area contributed by atoms with E-state index >= 15 is 0 Å². The molecule has 1 rings (SSSR count). The van der Waals surface area contributed by atoms with Gasteiger partial charge in [0.1, 0.15) is 6.29 Å². The van der Waals surface area contributed by atoms with E-state index in [0.29, 0.717) is 6.42 Å². The number of alkyl halides is 1. The lowest BCUT2D eigenvalue weighted by atomic mass is 10.0. The molecule has 1 nitrogen and oxygen atoms in total. The maximum atomic E-state index is 10.5. The molecule has 0 heterocycles. The largest absolute Gasteiger partial charge is 0.302 e. The smallest absolute Gasteiger partial charge is 0.138 e. The minimum atomic E-state index is -0.437. The summed E-state index contributed by atoms with van der Waals surface area (Å²) in [6.45, 7) is 4.07. The Kier molecular flexibility index (Phi) is 4.14. The lowest BCUT2D eigenvalue weighted by Crippen LogP contribution is -2.06. The van der Waals surface area contributed by atoms with Crippen LogP contribution in [0.1, 0.15) is 16.7 Å². The highest BCUT2D eigenvalue weighted by Crippen LogP contribution is 2.24. The highest BCUT2D eigenvalue weighted by atomic mass is 79.9. The van der Waals surface area contributed by atoms with E-state index in [1.54, 1.807) is 0 Å². The summed E-state index contributed by atoms with van der Waals surface area (Å²) in [6, 6.07) is 4.13. The topological polar surface area (TPSA) is 17.1 Å². The van der Waals surface area contributed by atoms with Crippen molar-refractivity contribution in [2.75, 3.05) is 0 Å². The number of aryl methyl sites for hydroxylation is 2. The zero-order valence-electron chi connectivity index (χ0n) is 8.18. The average molecular weight is 276 g/mol. The second kappa shape index (κ2) is 4.94. The Morgan fingerprint density at radius 2 is 2.14 bits per heavy atom. The lowest BCUT2D eigenvalue weighted by Gasteiger charge is -2.10. The van der Waals surface area contributed by atoms with Crippen molar-refractivity contribution in [3.63, 3.8) is 0 Å². The van der Waals surface area contributed by atoms with Gasteiger partial charge in [0.05, 0.1) is 5.38 Å². The fraction of sp³-hybridized carbons (Fsp3) is 0.364. The van der Waals surface area contributed by atoms with Crippen LogP contribution in [0.4, 0.5) is 0 Å². The van der Waals surface area contributed by atoms with E-state index in [1.807, 2.05) is 19.9 Å². The number of aldehydes is 1. The molecule has 3 heteroatoms. The minimum Gasteiger partial charge on any atom is -0.302 e. The molecule has 0 saturated carbocycles. The molecular weight excluding hydrogens is 263 g/mol. The van der Waals surface area contributed by atoms with Crippen LogP contribution in [-0.4, -0.2) is 11.7 Å². The van der Waals surface area contributed by atoms with Gasteiger partial charge >= 0.3 is 0 Å². The minimum absolute atomic E-state index is 0.437. The zero-order chi connectivity index (χ0) is 10.7. The van der Waals surface area contributed by atoms with Crippen molar-refractivity contribution in [2.45, 2.75) is 25.6 Å². The monoisotopic (exact) mass is 274 g/mol. The van der Waals surface area contributed by atoms with Crippen molar-refractivity contribution in [3.8, 4) is 0 Å². The Morgan fingerprint density at radius 3 is 2.64 bits per heavy atom. The van der Waals surface area contributed by atoms with Crippen LogP contribution < -0.4 is 0 Å². The van der Waals surface area contributed by atoms with E-state index in [2.05, 4.69) is 22.0 Å². The van der Waals surface area contributed by atoms with Crippen molar-refractivity contribution in [2.24, 2.45) is 0 Å². The number of rotatable bonds is 3. The fourth-order valence-corrected chi connectivity index (χ4v) is 2.44. The lowest BCUT2D eigenvalue weighted by molar-refractivity contribution is -0.107. The average Bonchev–Trinajstić information content (AvgIpc) is 2.10. The molecule has 14 heavy (non-hydrogen) atoms. The predicted molar refractivity (Wildman–Crippen MR) is 63.0 cm³/mol. The molecule has 0 spiro atoms. The molecule has 0 fully saturated rings. The van der Waals surface area contributed by atoms with E-state index in [0.717, 1.165) is 16.3 Å². The van der Waals surface area contributed by atoms with Gasteiger partial charge in [-0.1, -0.05) is 22.0 Å². The quantitative estimate of drug-likeness (QED) is 0.610. The second-order valence-electron chi connectivity index (χ2n) is 3.40. The van der Waals surface area contributed by atoms with Gasteiger partial charge in [0.25, 0.3) is 0 Å². The second-order valence-corrected chi connectivity index (χ2v) is 4.81. The summed E-state index contributed by atoms with van der Waals surface area (Å²) in [4.78, 5) is 10.5. The van der Waals surface area contributed by atoms with Gasteiger partial charge in [0, 0.05) is 4.47 Å². The number of hydrogen-bond acceptors (Lipinski definition) is 1. The molecule has 0 aliphatic rings. The zero-order valence-corrected chi connectivity index (χ0v) is 10.5. The molecule has 76 valence electrons. The maximum Gasteiger partial charge on any atom is 0.138 e. The van der Waals surface area contributed by atoms with Gasteiger partial charge in [0.2, 0.25) is 0 Å². The van der Waals surface area contributed by atoms with Crippen LogP contribution in [0.3, 0.4) is 0 Å². The van der Waals surface area contributed by atoms with Gasteiger partial charge < -0.3 is 4.79 Å². The van der Waals surface area contributed by atoms with Gasteiger partial charge in [-0.2, -0.15) is 0 Å². The highest BCUT2D eigenvalue weighted by molar-refractivity contribution is 9.10. The van der Waals surface area contributed by atoms with Crippen LogP contribution in [0, 0.1) is 13.8 Å². The van der Waals surface area contributed by atoms with E-state index in [1.165, 1.54) is 11.1 Å². The van der Waals surface area contributed by atoms with Crippen LogP contribution in [0.2, 0.25) is 0 Å². The molecule has 1 aromatic carbocycles. The van der Waals surface area contributed by atoms with Gasteiger partial charge in [-0.25, -0.2) is 0 Å². The Hall–Kier alpha value is -0.340. The number of carbonyl (C=O) groups excluding carboxylic acids is 1. The molecular formula is C11H12BrClO. The number of halogens is 2. The summed E-state index contributed by atoms with van der Waals surface area (Å²) < 4.78 is 1.03. The summed E-state index contributed by atoms with van der Waals surface area (Å²) >= 11 is 9.28. The van der Waals surface area contributed by atoms with Crippen molar-refractivity contribution in [1.82, 2.24) is 0 Å². The number of benzene rings is 1. The summed E-state index contributed by atoms with van der Waals surface area (Å²) in [5.41, 5.74) is 3.49. The van der Waals surface area contributed by atoms with Crippen LogP contribution in [0.15, 0.2) is 16.6 Å². The third kappa shape index (κ3) is 2.82. The molecule has 1 aromatic rings. The first-order valence-corrected chi connectivity index (χ1v) is 5.62. The van der Waals surface area contributed by atoms with E-state index in [9.17, 15) is 4.79 Å². The fourth-order valence-electron chi connectivity index (χ4n) is 1.45. The van der Waals surface area contributed by atoms with Crippen molar-refractivity contribution < 1.29 is 4.79 Å². The van der Waals surface area contributed by atoms with E-state index in [4.69, 9.17) is 11.6 Å². The normalized spacial score (nSPS) is 12.6. The van der Waals surface area contributed by atoms with E-state index < -0.39 is 5.38 Å². The molecule has 1 unspecified atom stereocenters. The highest BCUT2D eigenvalue weighted by Gasteiger charge is 2.10. The molecule has 0 aliphatic carbocycles. The standard InChI is InChI=1S/C11H12BrClO/c1-7-3-8(2)10(11(12)4-7)5-9(13)6-14/h3-4,6,9H,5H2,1-2H3. The number of hydrogen-bond donors (Lipinski definition) is 0. The van der Waals surface area contributed by atoms with Crippen LogP contribution in [-0.2, 0) is 11.2 Å². The SMILES string of the molecule is Cc1cc(C)c(CC(Cl)C=O)c(Br)c1. The molecule has 0 amide bonds. The number of carbonyl (C=O) groups is 1. The molecule has 0 bridgehead atoms. The molecule has 0 aliphatic heterocycles. The van der Waals surface area contributed by atoms with E-state index in [-0.39, 0.29) is 0 Å². The first-order valence-electron chi connectivity index (χ1n) is 4.39. The first kappa shape index (κ1) is 11.7. The predicted octanol–water partition coefficient (Wildman–Crippen LogP) is 3.41. The van der Waals surface area contributed by atoms with Crippen molar-refractivity contribution in [1.29, 1.82) is 0 Å². The molecule has 0 aromatic heterocycles. The van der Waals surface area contributed by atoms with Crippen molar-refractivity contribution >= 4 is 33.8 Å². The molecule has 0 saturated heterocycles. The van der Waals surface area contributed by atoms with Crippen LogP contribution in [0.25, 0.3) is 0 Å². The third-order valence-corrected chi connectivity index (χ3v) is 3.07. The molecule has 1 atom stereocenters. The molecule has 0 radical (unpaired) electrons. The first-order chi connectivity index (χ1) is 6.54. The van der Waals surface area contributed by atoms with Crippen molar-refractivity contribution in [3.05, 3.63) is 33.3 Å². The summed E-state index contributed by atoms with van der Waals surface area (Å²) in [5, 5.41) is -0.437. The Labute approximate surface area is 97.6 Å². The Balaban J connectivity index is 3.02. The summed E-state index contributed by atoms with van der Waals surface area (Å²) in [6.07, 6.45) is 1.35. The van der Waals surface area contributed by atoms with Crippen LogP contribution >= 0.6 is 27.5 Å². The molecule has 0 N–H and O–H groups in total. The van der Waals surface area contributed by atoms with Gasteiger partial charge in [-0.15, -0.1) is 11.6 Å². The Morgan fingerprint density at radius 1 is 1.50 bits per heavy atom. The van der Waals surface area contributed by atoms with Crippen LogP contribution in [0.5, 0.6) is 0 Å².